The van der Waals surface area contributed by atoms with Crippen molar-refractivity contribution in [1.29, 1.82) is 0 Å². The summed E-state index contributed by atoms with van der Waals surface area (Å²) >= 11 is 14.0. The maximum atomic E-state index is 11.2. The summed E-state index contributed by atoms with van der Waals surface area (Å²) in [5.41, 5.74) is -3.06. The number of nitrogens with zero attached hydrogens (tertiary/aromatic N) is 3. The average molecular weight is 499 g/mol. The van der Waals surface area contributed by atoms with E-state index in [4.69, 9.17) is 23.2 Å². The summed E-state index contributed by atoms with van der Waals surface area (Å²) in [4.78, 5) is 30.4. The number of benzene rings is 2. The molecule has 130 valence electrons. The van der Waals surface area contributed by atoms with Crippen LogP contribution in [0, 0.1) is 33.9 Å². The smallest absolute Gasteiger partial charge is 0.306 e. The Balaban J connectivity index is 2.74. The topological polar surface area (TPSA) is 141 Å². The second-order valence-electron chi connectivity index (χ2n) is 4.50. The number of nitro benzene ring substituents is 3. The Morgan fingerprint density at radius 1 is 0.800 bits per heavy atom. The van der Waals surface area contributed by atoms with E-state index in [0.717, 1.165) is 0 Å². The summed E-state index contributed by atoms with van der Waals surface area (Å²) in [5, 5.41) is 35.9. The molecule has 0 aromatic heterocycles. The highest BCUT2D eigenvalue weighted by atomic mass is 127. The van der Waals surface area contributed by atoms with E-state index in [2.05, 4.69) is 5.32 Å². The van der Waals surface area contributed by atoms with Crippen LogP contribution in [0.4, 0.5) is 28.4 Å². The molecule has 13 heteroatoms. The highest BCUT2D eigenvalue weighted by Gasteiger charge is 2.31. The van der Waals surface area contributed by atoms with Gasteiger partial charge in [0.05, 0.1) is 42.6 Å². The predicted octanol–water partition coefficient (Wildman–Crippen LogP) is 5.07. The first-order valence-electron chi connectivity index (χ1n) is 6.14. The Morgan fingerprint density at radius 3 is 1.60 bits per heavy atom. The van der Waals surface area contributed by atoms with Crippen molar-refractivity contribution >= 4 is 74.2 Å². The number of anilines is 2. The van der Waals surface area contributed by atoms with Crippen molar-refractivity contribution in [3.63, 3.8) is 0 Å². The fraction of sp³-hybridized carbons (Fsp3) is 0. The summed E-state index contributed by atoms with van der Waals surface area (Å²) in [6, 6.07) is 4.20. The Hall–Kier alpha value is -2.25. The van der Waals surface area contributed by atoms with Crippen LogP contribution in [0.3, 0.4) is 0 Å². The van der Waals surface area contributed by atoms with E-state index in [1.807, 2.05) is 22.6 Å². The van der Waals surface area contributed by atoms with Gasteiger partial charge in [-0.25, -0.2) is 0 Å². The van der Waals surface area contributed by atoms with Gasteiger partial charge < -0.3 is 5.32 Å². The first-order chi connectivity index (χ1) is 11.6. The molecule has 0 bridgehead atoms. The van der Waals surface area contributed by atoms with Crippen LogP contribution in [0.5, 0.6) is 0 Å². The van der Waals surface area contributed by atoms with E-state index < -0.39 is 37.5 Å². The molecule has 0 unspecified atom stereocenters. The molecule has 25 heavy (non-hydrogen) atoms. The van der Waals surface area contributed by atoms with Crippen molar-refractivity contribution in [3.8, 4) is 0 Å². The average Bonchev–Trinajstić information content (AvgIpc) is 2.49. The van der Waals surface area contributed by atoms with E-state index in [-0.39, 0.29) is 15.7 Å². The predicted molar refractivity (Wildman–Crippen MR) is 98.9 cm³/mol. The van der Waals surface area contributed by atoms with Crippen LogP contribution in [0.2, 0.25) is 10.0 Å². The number of halogens is 3. The van der Waals surface area contributed by atoms with Crippen LogP contribution in [-0.4, -0.2) is 14.8 Å². The zero-order valence-electron chi connectivity index (χ0n) is 11.7. The first-order valence-corrected chi connectivity index (χ1v) is 7.98. The van der Waals surface area contributed by atoms with Gasteiger partial charge in [0.15, 0.2) is 5.69 Å². The minimum atomic E-state index is -0.975. The molecule has 0 atom stereocenters. The van der Waals surface area contributed by atoms with Gasteiger partial charge in [-0.05, 0) is 34.7 Å². The van der Waals surface area contributed by atoms with Crippen molar-refractivity contribution in [2.45, 2.75) is 0 Å². The van der Waals surface area contributed by atoms with Gasteiger partial charge in [0.2, 0.25) is 0 Å². The van der Waals surface area contributed by atoms with Crippen molar-refractivity contribution in [2.75, 3.05) is 5.32 Å². The van der Waals surface area contributed by atoms with Gasteiger partial charge in [-0.1, -0.05) is 23.2 Å². The second-order valence-corrected chi connectivity index (χ2v) is 6.56. The minimum Gasteiger partial charge on any atom is -0.342 e. The number of hydrogen-bond donors (Lipinski definition) is 1. The van der Waals surface area contributed by atoms with Crippen LogP contribution in [0.1, 0.15) is 0 Å². The molecule has 0 saturated carbocycles. The zero-order valence-corrected chi connectivity index (χ0v) is 15.4. The van der Waals surface area contributed by atoms with Gasteiger partial charge in [0.25, 0.3) is 5.69 Å². The highest BCUT2D eigenvalue weighted by molar-refractivity contribution is 14.1. The van der Waals surface area contributed by atoms with Crippen LogP contribution in [0.15, 0.2) is 24.3 Å². The fourth-order valence-corrected chi connectivity index (χ4v) is 3.48. The maximum absolute atomic E-state index is 11.2. The number of non-ortho nitro benzene ring substituents is 1. The van der Waals surface area contributed by atoms with Crippen molar-refractivity contribution in [3.05, 3.63) is 68.2 Å². The molecule has 0 spiro atoms. The molecule has 0 saturated heterocycles. The van der Waals surface area contributed by atoms with Gasteiger partial charge in [-0.3, -0.25) is 30.3 Å². The Kier molecular flexibility index (Phi) is 5.59. The molecule has 2 aromatic carbocycles. The van der Waals surface area contributed by atoms with E-state index >= 15 is 0 Å². The number of rotatable bonds is 5. The fourth-order valence-electron chi connectivity index (χ4n) is 1.91. The van der Waals surface area contributed by atoms with Crippen LogP contribution in [0.25, 0.3) is 0 Å². The monoisotopic (exact) mass is 498 g/mol. The number of nitrogens with one attached hydrogen (secondary N) is 1. The third-order valence-corrected chi connectivity index (χ3v) is 4.16. The largest absolute Gasteiger partial charge is 0.342 e. The Labute approximate surface area is 162 Å². The van der Waals surface area contributed by atoms with Crippen LogP contribution < -0.4 is 5.32 Å². The molecular weight excluding hydrogens is 494 g/mol. The molecule has 10 nitrogen and oxygen atoms in total. The molecule has 0 fully saturated rings. The maximum Gasteiger partial charge on any atom is 0.306 e. The number of nitro groups is 3. The summed E-state index contributed by atoms with van der Waals surface area (Å²) in [6.45, 7) is 0. The van der Waals surface area contributed by atoms with Crippen molar-refractivity contribution in [1.82, 2.24) is 0 Å². The third kappa shape index (κ3) is 4.05. The Morgan fingerprint density at radius 2 is 1.24 bits per heavy atom. The molecule has 2 rings (SSSR count). The summed E-state index contributed by atoms with van der Waals surface area (Å²) in [5.74, 6) is 0. The molecule has 2 aromatic rings. The molecular formula is C12H5Cl2IN4O6. The van der Waals surface area contributed by atoms with Crippen LogP contribution in [-0.2, 0) is 0 Å². The molecule has 0 heterocycles. The molecule has 0 amide bonds. The normalized spacial score (nSPS) is 10.4. The van der Waals surface area contributed by atoms with E-state index in [1.165, 1.54) is 12.1 Å². The highest BCUT2D eigenvalue weighted by Crippen LogP contribution is 2.43. The van der Waals surface area contributed by atoms with E-state index in [0.29, 0.717) is 15.7 Å². The first kappa shape index (κ1) is 19.1. The quantitative estimate of drug-likeness (QED) is 0.344. The van der Waals surface area contributed by atoms with Gasteiger partial charge in [0.1, 0.15) is 0 Å². The summed E-state index contributed by atoms with van der Waals surface area (Å²) in [6.07, 6.45) is 0. The summed E-state index contributed by atoms with van der Waals surface area (Å²) in [7, 11) is 0. The molecule has 0 aliphatic rings. The lowest BCUT2D eigenvalue weighted by Gasteiger charge is -2.11. The van der Waals surface area contributed by atoms with Crippen LogP contribution >= 0.6 is 45.8 Å². The lowest BCUT2D eigenvalue weighted by Crippen LogP contribution is -2.04. The SMILES string of the molecule is O=[N+]([O-])c1cc([N+](=O)[O-])c(Nc2c(Cl)cc(I)cc2Cl)c([N+](=O)[O-])c1. The lowest BCUT2D eigenvalue weighted by atomic mass is 10.2. The van der Waals surface area contributed by atoms with E-state index in [1.54, 1.807) is 0 Å². The Bertz CT molecular complexity index is 864. The summed E-state index contributed by atoms with van der Waals surface area (Å²) < 4.78 is 0.672. The lowest BCUT2D eigenvalue weighted by molar-refractivity contribution is -0.401. The number of hydrogen-bond acceptors (Lipinski definition) is 7. The van der Waals surface area contributed by atoms with Gasteiger partial charge in [0, 0.05) is 3.57 Å². The van der Waals surface area contributed by atoms with Crippen molar-refractivity contribution in [2.24, 2.45) is 0 Å². The molecule has 0 radical (unpaired) electrons. The van der Waals surface area contributed by atoms with Crippen molar-refractivity contribution < 1.29 is 14.8 Å². The zero-order chi connectivity index (χ0) is 18.9. The van der Waals surface area contributed by atoms with Gasteiger partial charge in [-0.15, -0.1) is 0 Å². The molecule has 0 aliphatic heterocycles. The third-order valence-electron chi connectivity index (χ3n) is 2.94. The second kappa shape index (κ2) is 7.33. The minimum absolute atomic E-state index is 0.00352. The molecule has 1 N–H and O–H groups in total. The van der Waals surface area contributed by atoms with Gasteiger partial charge in [-0.2, -0.15) is 0 Å². The molecule has 0 aliphatic carbocycles. The standard InChI is InChI=1S/C12H5Cl2IN4O6/c13-7-1-5(15)2-8(14)11(7)16-12-9(18(22)23)3-6(17(20)21)4-10(12)19(24)25/h1-4,16H. The van der Waals surface area contributed by atoms with E-state index in [9.17, 15) is 30.3 Å². The van der Waals surface area contributed by atoms with Gasteiger partial charge >= 0.3 is 11.4 Å².